The molecule has 2 N–H and O–H groups in total. The van der Waals surface area contributed by atoms with Crippen LogP contribution >= 0.6 is 0 Å². The second-order valence-electron chi connectivity index (χ2n) is 6.70. The van der Waals surface area contributed by atoms with Gasteiger partial charge in [0.1, 0.15) is 12.4 Å². The van der Waals surface area contributed by atoms with Crippen LogP contribution < -0.4 is 20.1 Å². The highest BCUT2D eigenvalue weighted by molar-refractivity contribution is 5.77. The largest absolute Gasteiger partial charge is 0.493 e. The van der Waals surface area contributed by atoms with Crippen molar-refractivity contribution in [2.24, 2.45) is 5.92 Å². The average molecular weight is 375 g/mol. The molecule has 0 spiro atoms. The number of hydrogen-bond acceptors (Lipinski definition) is 6. The molecule has 1 amide bonds. The predicted molar refractivity (Wildman–Crippen MR) is 103 cm³/mol. The number of nitrogens with zero attached hydrogens (tertiary/aromatic N) is 1. The molecular formula is C20H29N3O4. The van der Waals surface area contributed by atoms with E-state index in [1.165, 1.54) is 0 Å². The molecule has 0 radical (unpaired) electrons. The SMILES string of the molecule is COc1cc(CNCCNC(=O)C(C)C)ccc1OCc1c(C)noc1C. The molecule has 0 atom stereocenters. The Morgan fingerprint density at radius 1 is 1.22 bits per heavy atom. The molecular weight excluding hydrogens is 346 g/mol. The maximum absolute atomic E-state index is 11.5. The smallest absolute Gasteiger partial charge is 0.222 e. The van der Waals surface area contributed by atoms with Gasteiger partial charge >= 0.3 is 0 Å². The van der Waals surface area contributed by atoms with Gasteiger partial charge in [-0.1, -0.05) is 25.1 Å². The summed E-state index contributed by atoms with van der Waals surface area (Å²) in [6, 6.07) is 5.84. The van der Waals surface area contributed by atoms with E-state index in [0.717, 1.165) is 22.6 Å². The number of ether oxygens (including phenoxy) is 2. The van der Waals surface area contributed by atoms with Crippen molar-refractivity contribution in [1.29, 1.82) is 0 Å². The van der Waals surface area contributed by atoms with E-state index in [-0.39, 0.29) is 11.8 Å². The molecule has 7 heteroatoms. The van der Waals surface area contributed by atoms with Gasteiger partial charge in [0.05, 0.1) is 18.4 Å². The molecule has 0 aliphatic carbocycles. The van der Waals surface area contributed by atoms with Gasteiger partial charge < -0.3 is 24.6 Å². The van der Waals surface area contributed by atoms with Crippen LogP contribution in [0, 0.1) is 19.8 Å². The molecule has 2 aromatic rings. The molecule has 0 aliphatic heterocycles. The van der Waals surface area contributed by atoms with Crippen molar-refractivity contribution < 1.29 is 18.8 Å². The van der Waals surface area contributed by atoms with Crippen molar-refractivity contribution in [2.45, 2.75) is 40.8 Å². The van der Waals surface area contributed by atoms with Crippen LogP contribution in [0.2, 0.25) is 0 Å². The fourth-order valence-corrected chi connectivity index (χ4v) is 2.51. The Kier molecular flexibility index (Phi) is 7.67. The Morgan fingerprint density at radius 2 is 2.00 bits per heavy atom. The third-order valence-corrected chi connectivity index (χ3v) is 4.24. The van der Waals surface area contributed by atoms with Crippen LogP contribution in [0.15, 0.2) is 22.7 Å². The van der Waals surface area contributed by atoms with Crippen LogP contribution in [0.1, 0.15) is 36.4 Å². The molecule has 148 valence electrons. The predicted octanol–water partition coefficient (Wildman–Crippen LogP) is 2.74. The van der Waals surface area contributed by atoms with Crippen molar-refractivity contribution in [3.8, 4) is 11.5 Å². The molecule has 1 aromatic heterocycles. The number of carbonyl (C=O) groups is 1. The van der Waals surface area contributed by atoms with Crippen LogP contribution in [-0.2, 0) is 17.9 Å². The fourth-order valence-electron chi connectivity index (χ4n) is 2.51. The van der Waals surface area contributed by atoms with Crippen molar-refractivity contribution in [3.05, 3.63) is 40.8 Å². The van der Waals surface area contributed by atoms with Crippen LogP contribution in [0.5, 0.6) is 11.5 Å². The van der Waals surface area contributed by atoms with Gasteiger partial charge in [-0.15, -0.1) is 0 Å². The Morgan fingerprint density at radius 3 is 2.63 bits per heavy atom. The zero-order valence-corrected chi connectivity index (χ0v) is 16.7. The molecule has 27 heavy (non-hydrogen) atoms. The van der Waals surface area contributed by atoms with E-state index in [1.54, 1.807) is 7.11 Å². The zero-order chi connectivity index (χ0) is 19.8. The minimum absolute atomic E-state index is 0.00668. The van der Waals surface area contributed by atoms with Gasteiger partial charge in [0, 0.05) is 25.6 Å². The van der Waals surface area contributed by atoms with Crippen molar-refractivity contribution >= 4 is 5.91 Å². The summed E-state index contributed by atoms with van der Waals surface area (Å²) in [7, 11) is 1.62. The van der Waals surface area contributed by atoms with Crippen LogP contribution in [0.25, 0.3) is 0 Å². The number of aromatic nitrogens is 1. The van der Waals surface area contributed by atoms with Gasteiger partial charge in [-0.3, -0.25) is 4.79 Å². The Labute approximate surface area is 160 Å². The lowest BCUT2D eigenvalue weighted by Crippen LogP contribution is -2.34. The molecule has 1 heterocycles. The second kappa shape index (κ2) is 9.97. The van der Waals surface area contributed by atoms with Crippen molar-refractivity contribution in [3.63, 3.8) is 0 Å². The monoisotopic (exact) mass is 375 g/mol. The minimum Gasteiger partial charge on any atom is -0.493 e. The fraction of sp³-hybridized carbons (Fsp3) is 0.500. The molecule has 0 saturated heterocycles. The number of aryl methyl sites for hydroxylation is 2. The van der Waals surface area contributed by atoms with Crippen LogP contribution in [0.3, 0.4) is 0 Å². The second-order valence-corrected chi connectivity index (χ2v) is 6.70. The Balaban J connectivity index is 1.85. The van der Waals surface area contributed by atoms with Gasteiger partial charge in [-0.05, 0) is 31.5 Å². The number of benzene rings is 1. The zero-order valence-electron chi connectivity index (χ0n) is 16.7. The summed E-state index contributed by atoms with van der Waals surface area (Å²) in [4.78, 5) is 11.5. The minimum atomic E-state index is 0.00668. The number of nitrogens with one attached hydrogen (secondary N) is 2. The highest BCUT2D eigenvalue weighted by Gasteiger charge is 2.12. The number of amides is 1. The van der Waals surface area contributed by atoms with Gasteiger partial charge in [-0.2, -0.15) is 0 Å². The topological polar surface area (TPSA) is 85.6 Å². The first-order valence-corrected chi connectivity index (χ1v) is 9.12. The van der Waals surface area contributed by atoms with Gasteiger partial charge in [0.25, 0.3) is 0 Å². The summed E-state index contributed by atoms with van der Waals surface area (Å²) >= 11 is 0. The Bertz CT molecular complexity index is 736. The van der Waals surface area contributed by atoms with Gasteiger partial charge in [0.2, 0.25) is 5.91 Å². The van der Waals surface area contributed by atoms with E-state index in [2.05, 4.69) is 15.8 Å². The molecule has 0 fully saturated rings. The maximum atomic E-state index is 11.5. The number of methoxy groups -OCH3 is 1. The molecule has 0 aliphatic rings. The summed E-state index contributed by atoms with van der Waals surface area (Å²) in [5, 5.41) is 10.1. The summed E-state index contributed by atoms with van der Waals surface area (Å²) in [5.41, 5.74) is 2.86. The highest BCUT2D eigenvalue weighted by Crippen LogP contribution is 2.29. The standard InChI is InChI=1S/C20H29N3O4/c1-13(2)20(24)22-9-8-21-11-16-6-7-18(19(10-16)25-5)26-12-17-14(3)23-27-15(17)4/h6-7,10,13,21H,8-9,11-12H2,1-5H3,(H,22,24). The molecule has 2 rings (SSSR count). The molecule has 1 aromatic carbocycles. The van der Waals surface area contributed by atoms with E-state index >= 15 is 0 Å². The molecule has 0 saturated carbocycles. The first-order chi connectivity index (χ1) is 12.9. The van der Waals surface area contributed by atoms with E-state index in [4.69, 9.17) is 14.0 Å². The lowest BCUT2D eigenvalue weighted by molar-refractivity contribution is -0.123. The third-order valence-electron chi connectivity index (χ3n) is 4.24. The lowest BCUT2D eigenvalue weighted by atomic mass is 10.2. The number of rotatable bonds is 10. The van der Waals surface area contributed by atoms with Gasteiger partial charge in [0.15, 0.2) is 11.5 Å². The summed E-state index contributed by atoms with van der Waals surface area (Å²) in [5.74, 6) is 2.18. The lowest BCUT2D eigenvalue weighted by Gasteiger charge is -2.13. The normalized spacial score (nSPS) is 10.9. The van der Waals surface area contributed by atoms with E-state index in [0.29, 0.717) is 37.7 Å². The van der Waals surface area contributed by atoms with E-state index in [1.807, 2.05) is 45.9 Å². The summed E-state index contributed by atoms with van der Waals surface area (Å²) in [6.45, 7) is 9.88. The molecule has 7 nitrogen and oxygen atoms in total. The number of carbonyl (C=O) groups excluding carboxylic acids is 1. The first kappa shape index (κ1) is 20.8. The third kappa shape index (κ3) is 5.99. The Hall–Kier alpha value is -2.54. The van der Waals surface area contributed by atoms with Gasteiger partial charge in [-0.25, -0.2) is 0 Å². The van der Waals surface area contributed by atoms with E-state index < -0.39 is 0 Å². The molecule has 0 bridgehead atoms. The molecule has 0 unspecified atom stereocenters. The van der Waals surface area contributed by atoms with Crippen molar-refractivity contribution in [1.82, 2.24) is 15.8 Å². The quantitative estimate of drug-likeness (QED) is 0.621. The van der Waals surface area contributed by atoms with Crippen molar-refractivity contribution in [2.75, 3.05) is 20.2 Å². The van der Waals surface area contributed by atoms with Crippen LogP contribution in [0.4, 0.5) is 0 Å². The average Bonchev–Trinajstić information content (AvgIpc) is 2.97. The van der Waals surface area contributed by atoms with Crippen LogP contribution in [-0.4, -0.2) is 31.3 Å². The maximum Gasteiger partial charge on any atom is 0.222 e. The summed E-state index contributed by atoms with van der Waals surface area (Å²) in [6.07, 6.45) is 0. The first-order valence-electron chi connectivity index (χ1n) is 9.12. The summed E-state index contributed by atoms with van der Waals surface area (Å²) < 4.78 is 16.5. The highest BCUT2D eigenvalue weighted by atomic mass is 16.5. The number of hydrogen-bond donors (Lipinski definition) is 2. The van der Waals surface area contributed by atoms with E-state index in [9.17, 15) is 4.79 Å².